The highest BCUT2D eigenvalue weighted by atomic mass is 16.2. The lowest BCUT2D eigenvalue weighted by Gasteiger charge is -2.13. The Hall–Kier alpha value is -1.34. The van der Waals surface area contributed by atoms with Crippen LogP contribution in [0.3, 0.4) is 0 Å². The Morgan fingerprint density at radius 1 is 0.833 bits per heavy atom. The molecule has 1 heteroatoms. The minimum absolute atomic E-state index is 0.145. The zero-order valence-electron chi connectivity index (χ0n) is 16.7. The van der Waals surface area contributed by atoms with E-state index in [1.807, 2.05) is 6.08 Å². The van der Waals surface area contributed by atoms with Crippen molar-refractivity contribution < 1.29 is 5.11 Å². The van der Waals surface area contributed by atoms with E-state index >= 15 is 0 Å². The number of hydrogen-bond donors (Lipinski definition) is 1. The number of hydrogen-bond acceptors (Lipinski definition) is 1. The van der Waals surface area contributed by atoms with E-state index in [-0.39, 0.29) is 6.61 Å². The van der Waals surface area contributed by atoms with E-state index in [1.54, 1.807) is 0 Å². The first kappa shape index (κ1) is 22.7. The lowest BCUT2D eigenvalue weighted by molar-refractivity contribution is 0.341. The maximum Gasteiger partial charge on any atom is 0.0614 e. The second-order valence-electron chi connectivity index (χ2n) is 6.96. The molecule has 0 rings (SSSR count). The maximum atomic E-state index is 8.91. The zero-order valence-corrected chi connectivity index (χ0v) is 16.7. The van der Waals surface area contributed by atoms with Gasteiger partial charge in [0.2, 0.25) is 0 Å². The van der Waals surface area contributed by atoms with Crippen molar-refractivity contribution >= 4 is 0 Å². The van der Waals surface area contributed by atoms with Crippen LogP contribution in [-0.2, 0) is 0 Å². The van der Waals surface area contributed by atoms with Crippen molar-refractivity contribution in [3.8, 4) is 0 Å². The lowest BCUT2D eigenvalue weighted by Crippen LogP contribution is -1.98. The topological polar surface area (TPSA) is 20.2 Å². The molecule has 24 heavy (non-hydrogen) atoms. The van der Waals surface area contributed by atoms with Gasteiger partial charge in [-0.1, -0.05) is 58.7 Å². The molecule has 136 valence electrons. The molecule has 1 nitrogen and oxygen atoms in total. The van der Waals surface area contributed by atoms with Crippen LogP contribution >= 0.6 is 0 Å². The Labute approximate surface area is 150 Å². The van der Waals surface area contributed by atoms with Gasteiger partial charge in [0.25, 0.3) is 0 Å². The molecule has 0 heterocycles. The van der Waals surface area contributed by atoms with Crippen molar-refractivity contribution in [3.05, 3.63) is 58.7 Å². The van der Waals surface area contributed by atoms with Gasteiger partial charge < -0.3 is 5.11 Å². The summed E-state index contributed by atoms with van der Waals surface area (Å²) in [7, 11) is 0. The van der Waals surface area contributed by atoms with Crippen LogP contribution in [0.4, 0.5) is 0 Å². The smallest absolute Gasteiger partial charge is 0.0614 e. The molecule has 0 aliphatic rings. The largest absolute Gasteiger partial charge is 0.392 e. The first-order valence-corrected chi connectivity index (χ1v) is 9.25. The van der Waals surface area contributed by atoms with E-state index in [2.05, 4.69) is 71.9 Å². The molecule has 1 N–H and O–H groups in total. The van der Waals surface area contributed by atoms with Crippen LogP contribution in [0, 0.1) is 5.92 Å². The molecule has 0 bridgehead atoms. The van der Waals surface area contributed by atoms with Crippen LogP contribution in [0.1, 0.15) is 73.6 Å². The fourth-order valence-corrected chi connectivity index (χ4v) is 2.60. The van der Waals surface area contributed by atoms with Crippen molar-refractivity contribution in [3.63, 3.8) is 0 Å². The highest BCUT2D eigenvalue weighted by molar-refractivity contribution is 5.15. The van der Waals surface area contributed by atoms with Gasteiger partial charge in [-0.3, -0.25) is 0 Å². The van der Waals surface area contributed by atoms with Crippen LogP contribution in [0.5, 0.6) is 0 Å². The van der Waals surface area contributed by atoms with Gasteiger partial charge in [-0.25, -0.2) is 0 Å². The fraction of sp³-hybridized carbons (Fsp3) is 0.565. The normalized spacial score (nSPS) is 15.0. The maximum absolute atomic E-state index is 8.91. The van der Waals surface area contributed by atoms with Gasteiger partial charge in [-0.2, -0.15) is 0 Å². The third-order valence-corrected chi connectivity index (χ3v) is 4.27. The SMILES string of the molecule is CC=CC(CC=C(C)CCC=C(C)C)C(C)=CCCC(C)=CCO. The molecular formula is C23H38O. The summed E-state index contributed by atoms with van der Waals surface area (Å²) in [6, 6.07) is 0. The second kappa shape index (κ2) is 14.0. The predicted molar refractivity (Wildman–Crippen MR) is 109 cm³/mol. The van der Waals surface area contributed by atoms with Gasteiger partial charge in [-0.15, -0.1) is 0 Å². The Kier molecular flexibility index (Phi) is 13.3. The Bertz CT molecular complexity index is 482. The minimum Gasteiger partial charge on any atom is -0.392 e. The second-order valence-corrected chi connectivity index (χ2v) is 6.96. The van der Waals surface area contributed by atoms with Crippen molar-refractivity contribution in [2.24, 2.45) is 5.92 Å². The lowest BCUT2D eigenvalue weighted by atomic mass is 9.93. The summed E-state index contributed by atoms with van der Waals surface area (Å²) >= 11 is 0. The minimum atomic E-state index is 0.145. The third kappa shape index (κ3) is 12.1. The van der Waals surface area contributed by atoms with E-state index in [0.29, 0.717) is 5.92 Å². The van der Waals surface area contributed by atoms with E-state index in [0.717, 1.165) is 32.1 Å². The molecule has 0 radical (unpaired) electrons. The summed E-state index contributed by atoms with van der Waals surface area (Å²) in [5.41, 5.74) is 5.59. The van der Waals surface area contributed by atoms with Crippen molar-refractivity contribution in [2.45, 2.75) is 73.6 Å². The van der Waals surface area contributed by atoms with Gasteiger partial charge in [0.15, 0.2) is 0 Å². The van der Waals surface area contributed by atoms with Gasteiger partial charge in [0, 0.05) is 5.92 Å². The molecule has 0 aliphatic heterocycles. The van der Waals surface area contributed by atoms with Crippen molar-refractivity contribution in [1.82, 2.24) is 0 Å². The highest BCUT2D eigenvalue weighted by Crippen LogP contribution is 2.21. The molecule has 0 spiro atoms. The monoisotopic (exact) mass is 330 g/mol. The average molecular weight is 331 g/mol. The molecule has 0 aliphatic carbocycles. The van der Waals surface area contributed by atoms with Crippen LogP contribution in [0.2, 0.25) is 0 Å². The van der Waals surface area contributed by atoms with E-state index in [9.17, 15) is 0 Å². The highest BCUT2D eigenvalue weighted by Gasteiger charge is 2.05. The van der Waals surface area contributed by atoms with Gasteiger partial charge in [0.05, 0.1) is 6.61 Å². The number of aliphatic hydroxyl groups excluding tert-OH is 1. The van der Waals surface area contributed by atoms with Gasteiger partial charge in [0.1, 0.15) is 0 Å². The van der Waals surface area contributed by atoms with Gasteiger partial charge in [-0.05, 0) is 73.6 Å². The van der Waals surface area contributed by atoms with E-state index < -0.39 is 0 Å². The summed E-state index contributed by atoms with van der Waals surface area (Å²) in [5.74, 6) is 0.496. The first-order valence-electron chi connectivity index (χ1n) is 9.25. The Morgan fingerprint density at radius 2 is 1.42 bits per heavy atom. The van der Waals surface area contributed by atoms with Crippen LogP contribution in [0.25, 0.3) is 0 Å². The average Bonchev–Trinajstić information content (AvgIpc) is 2.51. The molecule has 1 unspecified atom stereocenters. The molecule has 0 amide bonds. The number of aliphatic hydroxyl groups is 1. The quantitative estimate of drug-likeness (QED) is 0.407. The Morgan fingerprint density at radius 3 is 1.96 bits per heavy atom. The summed E-state index contributed by atoms with van der Waals surface area (Å²) < 4.78 is 0. The molecular weight excluding hydrogens is 292 g/mol. The summed E-state index contributed by atoms with van der Waals surface area (Å²) in [6.45, 7) is 13.1. The van der Waals surface area contributed by atoms with Crippen LogP contribution < -0.4 is 0 Å². The molecule has 0 aromatic heterocycles. The predicted octanol–water partition coefficient (Wildman–Crippen LogP) is 6.93. The van der Waals surface area contributed by atoms with Crippen molar-refractivity contribution in [2.75, 3.05) is 6.61 Å². The third-order valence-electron chi connectivity index (χ3n) is 4.27. The Balaban J connectivity index is 4.61. The van der Waals surface area contributed by atoms with Crippen LogP contribution in [0.15, 0.2) is 58.7 Å². The molecule has 0 aromatic carbocycles. The van der Waals surface area contributed by atoms with Gasteiger partial charge >= 0.3 is 0 Å². The summed E-state index contributed by atoms with van der Waals surface area (Å²) in [4.78, 5) is 0. The zero-order chi connectivity index (χ0) is 18.4. The molecule has 0 aromatic rings. The number of rotatable bonds is 11. The molecule has 1 atom stereocenters. The summed E-state index contributed by atoms with van der Waals surface area (Å²) in [6.07, 6.45) is 18.9. The molecule has 0 saturated heterocycles. The molecule has 0 fully saturated rings. The fourth-order valence-electron chi connectivity index (χ4n) is 2.60. The standard InChI is InChI=1S/C23H38O/c1-7-10-23(16-15-20(4)12-8-11-19(2)3)22(6)14-9-13-21(5)17-18-24/h7,10-11,14-15,17,23-24H,8-9,12-13,16,18H2,1-6H3. The first-order chi connectivity index (χ1) is 11.4. The molecule has 0 saturated carbocycles. The van der Waals surface area contributed by atoms with E-state index in [4.69, 9.17) is 5.11 Å². The van der Waals surface area contributed by atoms with Crippen molar-refractivity contribution in [1.29, 1.82) is 0 Å². The number of allylic oxidation sites excluding steroid dienone is 9. The summed E-state index contributed by atoms with van der Waals surface area (Å²) in [5, 5.41) is 8.91. The van der Waals surface area contributed by atoms with Crippen LogP contribution in [-0.4, -0.2) is 11.7 Å². The van der Waals surface area contributed by atoms with E-state index in [1.165, 1.54) is 22.3 Å².